The number of nitrogens with zero attached hydrogens (tertiary/aromatic N) is 1. The van der Waals surface area contributed by atoms with E-state index in [0.717, 1.165) is 16.8 Å². The normalized spacial score (nSPS) is 18.7. The van der Waals surface area contributed by atoms with Crippen molar-refractivity contribution < 1.29 is 9.59 Å². The highest BCUT2D eigenvalue weighted by atomic mass is 35.5. The molecule has 0 bridgehead atoms. The van der Waals surface area contributed by atoms with Gasteiger partial charge in [-0.1, -0.05) is 23.4 Å². The van der Waals surface area contributed by atoms with Crippen LogP contribution in [0.15, 0.2) is 12.1 Å². The molecule has 0 saturated carbocycles. The quantitative estimate of drug-likeness (QED) is 0.856. The standard InChI is InChI=1S/C15H18ClNO2S/c1-9-4-13(16)5-10(2)15(9)17-7-12(6-14(17)19)8-20-11(3)18/h4-5,12H,6-8H2,1-3H3. The number of hydrogen-bond acceptors (Lipinski definition) is 3. The summed E-state index contributed by atoms with van der Waals surface area (Å²) in [6.07, 6.45) is 0.516. The Hall–Kier alpha value is -1.00. The van der Waals surface area contributed by atoms with Gasteiger partial charge < -0.3 is 4.90 Å². The van der Waals surface area contributed by atoms with E-state index in [4.69, 9.17) is 11.6 Å². The molecule has 3 nitrogen and oxygen atoms in total. The lowest BCUT2D eigenvalue weighted by atomic mass is 10.1. The zero-order valence-electron chi connectivity index (χ0n) is 11.9. The Balaban J connectivity index is 2.18. The van der Waals surface area contributed by atoms with Crippen molar-refractivity contribution in [3.63, 3.8) is 0 Å². The van der Waals surface area contributed by atoms with E-state index in [2.05, 4.69) is 0 Å². The van der Waals surface area contributed by atoms with Crippen LogP contribution >= 0.6 is 23.4 Å². The molecule has 1 fully saturated rings. The van der Waals surface area contributed by atoms with Gasteiger partial charge in [-0.15, -0.1) is 0 Å². The van der Waals surface area contributed by atoms with E-state index in [1.807, 2.05) is 30.9 Å². The van der Waals surface area contributed by atoms with Crippen molar-refractivity contribution >= 4 is 40.1 Å². The van der Waals surface area contributed by atoms with Crippen LogP contribution in [0.3, 0.4) is 0 Å². The molecule has 1 aliphatic heterocycles. The lowest BCUT2D eigenvalue weighted by Gasteiger charge is -2.22. The van der Waals surface area contributed by atoms with Crippen molar-refractivity contribution in [3.8, 4) is 0 Å². The average Bonchev–Trinajstić information content (AvgIpc) is 2.67. The van der Waals surface area contributed by atoms with Gasteiger partial charge in [-0.25, -0.2) is 0 Å². The molecule has 0 radical (unpaired) electrons. The highest BCUT2D eigenvalue weighted by molar-refractivity contribution is 8.13. The number of thioether (sulfide) groups is 1. The fourth-order valence-electron chi connectivity index (χ4n) is 2.67. The molecule has 20 heavy (non-hydrogen) atoms. The van der Waals surface area contributed by atoms with E-state index in [9.17, 15) is 9.59 Å². The average molecular weight is 312 g/mol. The molecule has 0 N–H and O–H groups in total. The van der Waals surface area contributed by atoms with Gasteiger partial charge in [-0.05, 0) is 43.0 Å². The highest BCUT2D eigenvalue weighted by Crippen LogP contribution is 2.33. The first-order valence-corrected chi connectivity index (χ1v) is 7.95. The van der Waals surface area contributed by atoms with Gasteiger partial charge in [-0.3, -0.25) is 9.59 Å². The molecule has 2 rings (SSSR count). The van der Waals surface area contributed by atoms with Crippen LogP contribution in [0.5, 0.6) is 0 Å². The molecule has 0 aliphatic carbocycles. The molecule has 1 aliphatic rings. The van der Waals surface area contributed by atoms with E-state index in [1.54, 1.807) is 6.92 Å². The zero-order chi connectivity index (χ0) is 14.9. The molecular formula is C15H18ClNO2S. The fourth-order valence-corrected chi connectivity index (χ4v) is 3.69. The van der Waals surface area contributed by atoms with Crippen LogP contribution in [0, 0.1) is 19.8 Å². The number of rotatable bonds is 3. The third-order valence-corrected chi connectivity index (χ3v) is 4.72. The Morgan fingerprint density at radius 1 is 1.40 bits per heavy atom. The summed E-state index contributed by atoms with van der Waals surface area (Å²) in [5.41, 5.74) is 3.00. The maximum Gasteiger partial charge on any atom is 0.227 e. The van der Waals surface area contributed by atoms with E-state index in [-0.39, 0.29) is 16.9 Å². The molecule has 1 unspecified atom stereocenters. The molecule has 1 saturated heterocycles. The third kappa shape index (κ3) is 3.36. The van der Waals surface area contributed by atoms with Crippen molar-refractivity contribution in [2.75, 3.05) is 17.2 Å². The summed E-state index contributed by atoms with van der Waals surface area (Å²) in [5, 5.41) is 0.800. The second-order valence-corrected chi connectivity index (χ2v) is 6.90. The Morgan fingerprint density at radius 2 is 2.00 bits per heavy atom. The Labute approximate surface area is 128 Å². The predicted octanol–water partition coefficient (Wildman–Crippen LogP) is 3.59. The van der Waals surface area contributed by atoms with Gasteiger partial charge in [-0.2, -0.15) is 0 Å². The third-order valence-electron chi connectivity index (χ3n) is 3.45. The Bertz CT molecular complexity index is 536. The van der Waals surface area contributed by atoms with Gasteiger partial charge in [0, 0.05) is 36.4 Å². The lowest BCUT2D eigenvalue weighted by molar-refractivity contribution is -0.117. The van der Waals surface area contributed by atoms with Crippen molar-refractivity contribution in [1.29, 1.82) is 0 Å². The number of carbonyl (C=O) groups is 2. The van der Waals surface area contributed by atoms with Gasteiger partial charge >= 0.3 is 0 Å². The number of aryl methyl sites for hydroxylation is 2. The topological polar surface area (TPSA) is 37.4 Å². The predicted molar refractivity (Wildman–Crippen MR) is 84.5 cm³/mol. The second kappa shape index (κ2) is 6.19. The molecule has 1 aromatic rings. The molecule has 0 spiro atoms. The summed E-state index contributed by atoms with van der Waals surface area (Å²) in [6.45, 7) is 6.19. The number of benzene rings is 1. The SMILES string of the molecule is CC(=O)SCC1CC(=O)N(c2c(C)cc(Cl)cc2C)C1. The minimum atomic E-state index is 0.106. The maximum atomic E-state index is 12.2. The van der Waals surface area contributed by atoms with Crippen LogP contribution in [-0.4, -0.2) is 23.3 Å². The molecule has 1 heterocycles. The largest absolute Gasteiger partial charge is 0.312 e. The van der Waals surface area contributed by atoms with Gasteiger partial charge in [0.2, 0.25) is 5.91 Å². The smallest absolute Gasteiger partial charge is 0.227 e. The summed E-state index contributed by atoms with van der Waals surface area (Å²) in [6, 6.07) is 3.77. The summed E-state index contributed by atoms with van der Waals surface area (Å²) < 4.78 is 0. The van der Waals surface area contributed by atoms with Crippen LogP contribution < -0.4 is 4.90 Å². The van der Waals surface area contributed by atoms with E-state index in [0.29, 0.717) is 23.7 Å². The Morgan fingerprint density at radius 3 is 2.55 bits per heavy atom. The van der Waals surface area contributed by atoms with Crippen molar-refractivity contribution in [1.82, 2.24) is 0 Å². The fraction of sp³-hybridized carbons (Fsp3) is 0.467. The van der Waals surface area contributed by atoms with Crippen molar-refractivity contribution in [2.45, 2.75) is 27.2 Å². The van der Waals surface area contributed by atoms with Gasteiger partial charge in [0.1, 0.15) is 0 Å². The molecule has 1 aromatic carbocycles. The number of hydrogen-bond donors (Lipinski definition) is 0. The minimum Gasteiger partial charge on any atom is -0.312 e. The van der Waals surface area contributed by atoms with Crippen LogP contribution in [0.1, 0.15) is 24.5 Å². The molecule has 5 heteroatoms. The van der Waals surface area contributed by atoms with Gasteiger partial charge in [0.15, 0.2) is 5.12 Å². The zero-order valence-corrected chi connectivity index (χ0v) is 13.5. The Kier molecular flexibility index (Phi) is 4.76. The first-order valence-electron chi connectivity index (χ1n) is 6.59. The molecule has 0 aromatic heterocycles. The van der Waals surface area contributed by atoms with E-state index in [1.165, 1.54) is 11.8 Å². The highest BCUT2D eigenvalue weighted by Gasteiger charge is 2.32. The minimum absolute atomic E-state index is 0.106. The van der Waals surface area contributed by atoms with Crippen LogP contribution in [0.2, 0.25) is 5.02 Å². The first kappa shape index (κ1) is 15.4. The summed E-state index contributed by atoms with van der Waals surface area (Å²) in [7, 11) is 0. The number of carbonyl (C=O) groups excluding carboxylic acids is 2. The first-order chi connectivity index (χ1) is 9.38. The summed E-state index contributed by atoms with van der Waals surface area (Å²) in [4.78, 5) is 25.1. The number of anilines is 1. The van der Waals surface area contributed by atoms with Crippen molar-refractivity contribution in [2.24, 2.45) is 5.92 Å². The van der Waals surface area contributed by atoms with Crippen LogP contribution in [0.25, 0.3) is 0 Å². The number of halogens is 1. The van der Waals surface area contributed by atoms with Crippen LogP contribution in [-0.2, 0) is 9.59 Å². The van der Waals surface area contributed by atoms with E-state index < -0.39 is 0 Å². The second-order valence-electron chi connectivity index (χ2n) is 5.27. The lowest BCUT2D eigenvalue weighted by Crippen LogP contribution is -2.26. The molecule has 1 amide bonds. The monoisotopic (exact) mass is 311 g/mol. The maximum absolute atomic E-state index is 12.2. The number of amides is 1. The molecule has 1 atom stereocenters. The molecular weight excluding hydrogens is 294 g/mol. The summed E-state index contributed by atoms with van der Waals surface area (Å²) in [5.74, 6) is 1.09. The van der Waals surface area contributed by atoms with Gasteiger partial charge in [0.25, 0.3) is 0 Å². The van der Waals surface area contributed by atoms with E-state index >= 15 is 0 Å². The summed E-state index contributed by atoms with van der Waals surface area (Å²) >= 11 is 7.33. The van der Waals surface area contributed by atoms with Crippen molar-refractivity contribution in [3.05, 3.63) is 28.3 Å². The molecule has 108 valence electrons. The van der Waals surface area contributed by atoms with Gasteiger partial charge in [0.05, 0.1) is 0 Å². The van der Waals surface area contributed by atoms with Crippen LogP contribution in [0.4, 0.5) is 5.69 Å².